The predicted octanol–water partition coefficient (Wildman–Crippen LogP) is 3.13. The van der Waals surface area contributed by atoms with Crippen molar-refractivity contribution in [2.45, 2.75) is 18.9 Å². The molecule has 0 radical (unpaired) electrons. The first-order valence-corrected chi connectivity index (χ1v) is 10.5. The summed E-state index contributed by atoms with van der Waals surface area (Å²) in [4.78, 5) is 22.5. The normalized spacial score (nSPS) is 12.2. The molecule has 33 heavy (non-hydrogen) atoms. The van der Waals surface area contributed by atoms with E-state index in [9.17, 15) is 48.7 Å². The maximum Gasteiger partial charge on any atom is 0.472 e. The van der Waals surface area contributed by atoms with Gasteiger partial charge in [-0.05, 0) is 36.4 Å². The highest BCUT2D eigenvalue weighted by Gasteiger charge is 2.39. The molecule has 180 valence electrons. The molecule has 0 aliphatic heterocycles. The third-order valence-corrected chi connectivity index (χ3v) is 5.20. The van der Waals surface area contributed by atoms with Gasteiger partial charge in [-0.3, -0.25) is 24.7 Å². The number of halogens is 7. The number of carbonyl (C=O) groups excluding carboxylic acids is 2. The van der Waals surface area contributed by atoms with Crippen LogP contribution in [0.3, 0.4) is 0 Å². The molecule has 0 saturated heterocycles. The number of amides is 2. The van der Waals surface area contributed by atoms with Crippen molar-refractivity contribution in [1.82, 2.24) is 10.9 Å². The van der Waals surface area contributed by atoms with E-state index in [1.807, 2.05) is 0 Å². The van der Waals surface area contributed by atoms with E-state index in [1.54, 1.807) is 0 Å². The lowest BCUT2D eigenvalue weighted by atomic mass is 10.1. The van der Waals surface area contributed by atoms with E-state index in [2.05, 4.69) is 0 Å². The van der Waals surface area contributed by atoms with Crippen LogP contribution in [0.15, 0.2) is 42.5 Å². The standard InChI is InChI=1S/C18H14F7N3O4S/c1-33(31,32)28(13-6-4-12(5-7-13)17(20,21)22)9-11-3-2-10(8-14(11)19)15(29)26-27-16(30)18(23,24)25/h2-8H,9H2,1H3,(H,26,29)(H,27,30). The van der Waals surface area contributed by atoms with E-state index in [1.165, 1.54) is 5.43 Å². The van der Waals surface area contributed by atoms with E-state index in [4.69, 9.17) is 0 Å². The van der Waals surface area contributed by atoms with Gasteiger partial charge < -0.3 is 0 Å². The van der Waals surface area contributed by atoms with Crippen molar-refractivity contribution in [3.63, 3.8) is 0 Å². The minimum atomic E-state index is -5.27. The molecule has 0 spiro atoms. The molecule has 2 rings (SSSR count). The maximum atomic E-state index is 14.5. The lowest BCUT2D eigenvalue weighted by Crippen LogP contribution is -2.47. The van der Waals surface area contributed by atoms with Crippen LogP contribution in [0.2, 0.25) is 0 Å². The molecule has 2 aromatic carbocycles. The van der Waals surface area contributed by atoms with Crippen molar-refractivity contribution in [3.8, 4) is 0 Å². The molecule has 0 aliphatic rings. The summed E-state index contributed by atoms with van der Waals surface area (Å²) in [6, 6.07) is 5.54. The Morgan fingerprint density at radius 1 is 0.939 bits per heavy atom. The number of nitrogens with zero attached hydrogens (tertiary/aromatic N) is 1. The Kier molecular flexibility index (Phi) is 7.26. The number of nitrogens with one attached hydrogen (secondary N) is 2. The minimum Gasteiger partial charge on any atom is -0.267 e. The van der Waals surface area contributed by atoms with Crippen LogP contribution in [0.1, 0.15) is 21.5 Å². The van der Waals surface area contributed by atoms with E-state index < -0.39 is 57.7 Å². The maximum absolute atomic E-state index is 14.5. The Bertz CT molecular complexity index is 1150. The highest BCUT2D eigenvalue weighted by atomic mass is 32.2. The molecule has 0 fully saturated rings. The van der Waals surface area contributed by atoms with Crippen LogP contribution in [0.25, 0.3) is 0 Å². The number of anilines is 1. The molecule has 0 aromatic heterocycles. The van der Waals surface area contributed by atoms with Crippen LogP contribution in [-0.2, 0) is 27.5 Å². The molecule has 2 aromatic rings. The molecule has 0 aliphatic carbocycles. The Labute approximate surface area is 182 Å². The van der Waals surface area contributed by atoms with Gasteiger partial charge in [-0.15, -0.1) is 0 Å². The number of hydrogen-bond donors (Lipinski definition) is 2. The van der Waals surface area contributed by atoms with Gasteiger partial charge in [0.2, 0.25) is 10.0 Å². The monoisotopic (exact) mass is 501 g/mol. The lowest BCUT2D eigenvalue weighted by Gasteiger charge is -2.23. The molecule has 0 saturated carbocycles. The second-order valence-corrected chi connectivity index (χ2v) is 8.43. The van der Waals surface area contributed by atoms with Gasteiger partial charge in [0.15, 0.2) is 0 Å². The number of alkyl halides is 6. The SMILES string of the molecule is CS(=O)(=O)N(Cc1ccc(C(=O)NNC(=O)C(F)(F)F)cc1F)c1ccc(C(F)(F)F)cc1. The molecular weight excluding hydrogens is 487 g/mol. The number of hydrazine groups is 1. The molecule has 0 bridgehead atoms. The van der Waals surface area contributed by atoms with Gasteiger partial charge in [0.25, 0.3) is 5.91 Å². The summed E-state index contributed by atoms with van der Waals surface area (Å²) in [5, 5.41) is 0. The van der Waals surface area contributed by atoms with Crippen molar-refractivity contribution in [2.24, 2.45) is 0 Å². The second-order valence-electron chi connectivity index (χ2n) is 6.53. The lowest BCUT2D eigenvalue weighted by molar-refractivity contribution is -0.174. The summed E-state index contributed by atoms with van der Waals surface area (Å²) in [5.74, 6) is -4.89. The van der Waals surface area contributed by atoms with Crippen LogP contribution < -0.4 is 15.2 Å². The summed E-state index contributed by atoms with van der Waals surface area (Å²) in [7, 11) is -4.09. The van der Waals surface area contributed by atoms with Crippen molar-refractivity contribution in [2.75, 3.05) is 10.6 Å². The fourth-order valence-corrected chi connectivity index (χ4v) is 3.32. The quantitative estimate of drug-likeness (QED) is 0.486. The van der Waals surface area contributed by atoms with Crippen LogP contribution in [0, 0.1) is 5.82 Å². The van der Waals surface area contributed by atoms with E-state index >= 15 is 0 Å². The van der Waals surface area contributed by atoms with Gasteiger partial charge in [0, 0.05) is 11.1 Å². The first-order chi connectivity index (χ1) is 15.0. The number of rotatable bonds is 5. The fraction of sp³-hybridized carbons (Fsp3) is 0.222. The number of carbonyl (C=O) groups is 2. The van der Waals surface area contributed by atoms with Crippen molar-refractivity contribution in [3.05, 3.63) is 65.0 Å². The Morgan fingerprint density at radius 3 is 1.97 bits per heavy atom. The average molecular weight is 501 g/mol. The smallest absolute Gasteiger partial charge is 0.267 e. The molecule has 0 heterocycles. The number of hydrogen-bond acceptors (Lipinski definition) is 4. The van der Waals surface area contributed by atoms with Crippen molar-refractivity contribution in [1.29, 1.82) is 0 Å². The predicted molar refractivity (Wildman–Crippen MR) is 101 cm³/mol. The highest BCUT2D eigenvalue weighted by molar-refractivity contribution is 7.92. The zero-order valence-electron chi connectivity index (χ0n) is 16.4. The number of sulfonamides is 1. The van der Waals surface area contributed by atoms with Gasteiger partial charge in [-0.1, -0.05) is 6.07 Å². The molecule has 7 nitrogen and oxygen atoms in total. The number of benzene rings is 2. The third-order valence-electron chi connectivity index (χ3n) is 4.06. The van der Waals surface area contributed by atoms with Crippen LogP contribution in [-0.4, -0.2) is 32.7 Å². The van der Waals surface area contributed by atoms with Crippen molar-refractivity contribution < 1.29 is 48.7 Å². The largest absolute Gasteiger partial charge is 0.472 e. The fourth-order valence-electron chi connectivity index (χ4n) is 2.44. The molecule has 0 atom stereocenters. The van der Waals surface area contributed by atoms with E-state index in [-0.39, 0.29) is 11.3 Å². The topological polar surface area (TPSA) is 95.6 Å². The van der Waals surface area contributed by atoms with Crippen molar-refractivity contribution >= 4 is 27.5 Å². The van der Waals surface area contributed by atoms with Crippen LogP contribution >= 0.6 is 0 Å². The third kappa shape index (κ3) is 6.81. The summed E-state index contributed by atoms with van der Waals surface area (Å²) in [6.07, 6.45) is -9.18. The Balaban J connectivity index is 2.23. The highest BCUT2D eigenvalue weighted by Crippen LogP contribution is 2.31. The first kappa shape index (κ1) is 25.9. The van der Waals surface area contributed by atoms with Crippen LogP contribution in [0.4, 0.5) is 36.4 Å². The second kappa shape index (κ2) is 9.25. The van der Waals surface area contributed by atoms with Crippen LogP contribution in [0.5, 0.6) is 0 Å². The zero-order chi connectivity index (χ0) is 25.2. The molecule has 2 N–H and O–H groups in total. The van der Waals surface area contributed by atoms with Gasteiger partial charge in [0.05, 0.1) is 24.1 Å². The van der Waals surface area contributed by atoms with Gasteiger partial charge in [-0.25, -0.2) is 12.8 Å². The Hall–Kier alpha value is -3.36. The first-order valence-electron chi connectivity index (χ1n) is 8.61. The zero-order valence-corrected chi connectivity index (χ0v) is 17.2. The van der Waals surface area contributed by atoms with E-state index in [0.29, 0.717) is 22.5 Å². The molecule has 0 unspecified atom stereocenters. The van der Waals surface area contributed by atoms with Gasteiger partial charge in [0.1, 0.15) is 5.82 Å². The molecule has 15 heteroatoms. The summed E-state index contributed by atoms with van der Waals surface area (Å²) < 4.78 is 114. The average Bonchev–Trinajstić information content (AvgIpc) is 2.68. The Morgan fingerprint density at radius 2 is 1.52 bits per heavy atom. The summed E-state index contributed by atoms with van der Waals surface area (Å²) in [5.41, 5.74) is 0.509. The molecule has 2 amide bonds. The molecular formula is C18H14F7N3O4S. The minimum absolute atomic E-state index is 0.193. The summed E-state index contributed by atoms with van der Waals surface area (Å²) in [6.45, 7) is -0.664. The van der Waals surface area contributed by atoms with Gasteiger partial charge in [-0.2, -0.15) is 26.3 Å². The van der Waals surface area contributed by atoms with E-state index in [0.717, 1.165) is 35.9 Å². The van der Waals surface area contributed by atoms with Gasteiger partial charge >= 0.3 is 18.3 Å². The summed E-state index contributed by atoms with van der Waals surface area (Å²) >= 11 is 0.